The Bertz CT molecular complexity index is 1620. The summed E-state index contributed by atoms with van der Waals surface area (Å²) in [6.45, 7) is 2.00. The molecule has 2 aromatic heterocycles. The van der Waals surface area contributed by atoms with Crippen LogP contribution in [0.3, 0.4) is 0 Å². The fraction of sp³-hybridized carbons (Fsp3) is 0.154. The molecule has 0 radical (unpaired) electrons. The predicted molar refractivity (Wildman–Crippen MR) is 137 cm³/mol. The van der Waals surface area contributed by atoms with Gasteiger partial charge in [0.15, 0.2) is 0 Å². The highest BCUT2D eigenvalue weighted by Crippen LogP contribution is 2.42. The quantitative estimate of drug-likeness (QED) is 0.321. The molecule has 2 aromatic carbocycles. The fourth-order valence-corrected chi connectivity index (χ4v) is 6.73. The molecular formula is C26H22BrN3O4S. The van der Waals surface area contributed by atoms with Crippen molar-refractivity contribution in [1.82, 2.24) is 9.97 Å². The molecular weight excluding hydrogens is 530 g/mol. The number of hydrogen-bond donors (Lipinski definition) is 3. The summed E-state index contributed by atoms with van der Waals surface area (Å²) in [5.74, 6) is -0.613. The topological polar surface area (TPSA) is 126 Å². The van der Waals surface area contributed by atoms with Gasteiger partial charge in [0.05, 0.1) is 21.1 Å². The van der Waals surface area contributed by atoms with Crippen LogP contribution in [0.4, 0.5) is 0 Å². The number of benzene rings is 2. The van der Waals surface area contributed by atoms with Crippen LogP contribution in [0.25, 0.3) is 11.4 Å². The molecule has 178 valence electrons. The lowest BCUT2D eigenvalue weighted by molar-refractivity contribution is 0.0995. The number of fused-ring (bicyclic) bond motifs is 3. The summed E-state index contributed by atoms with van der Waals surface area (Å²) in [6, 6.07) is 17.3. The van der Waals surface area contributed by atoms with Crippen LogP contribution >= 0.6 is 15.9 Å². The zero-order chi connectivity index (χ0) is 24.9. The number of halogens is 1. The minimum Gasteiger partial charge on any atom is -0.364 e. The highest BCUT2D eigenvalue weighted by atomic mass is 79.9. The van der Waals surface area contributed by atoms with Crippen molar-refractivity contribution in [3.05, 3.63) is 105 Å². The lowest BCUT2D eigenvalue weighted by Gasteiger charge is -2.20. The SMILES string of the molecule is Cc1ccc(C(Br)c2c(C(N)=O)[nH]c3c2CCc2cc(S(=O)(=O)c4ccccc4)c(=O)[nH]c2-3)cc1. The number of amides is 1. The minimum absolute atomic E-state index is 0.0559. The smallest absolute Gasteiger partial charge is 0.267 e. The first kappa shape index (κ1) is 23.3. The number of primary amides is 1. The maximum Gasteiger partial charge on any atom is 0.267 e. The second-order valence-electron chi connectivity index (χ2n) is 8.58. The Balaban J connectivity index is 1.65. The third kappa shape index (κ3) is 3.94. The fourth-order valence-electron chi connectivity index (χ4n) is 4.56. The summed E-state index contributed by atoms with van der Waals surface area (Å²) in [5.41, 5.74) is 10.7. The largest absolute Gasteiger partial charge is 0.364 e. The van der Waals surface area contributed by atoms with E-state index in [-0.39, 0.29) is 20.3 Å². The molecule has 4 N–H and O–H groups in total. The molecule has 1 amide bonds. The molecule has 9 heteroatoms. The number of carbonyl (C=O) groups excluding carboxylic acids is 1. The van der Waals surface area contributed by atoms with Gasteiger partial charge in [-0.1, -0.05) is 64.0 Å². The van der Waals surface area contributed by atoms with E-state index >= 15 is 0 Å². The first-order valence-electron chi connectivity index (χ1n) is 11.0. The maximum atomic E-state index is 13.1. The molecule has 2 heterocycles. The van der Waals surface area contributed by atoms with Crippen molar-refractivity contribution in [3.63, 3.8) is 0 Å². The molecule has 0 bridgehead atoms. The lowest BCUT2D eigenvalue weighted by atomic mass is 9.89. The summed E-state index contributed by atoms with van der Waals surface area (Å²) >= 11 is 3.74. The zero-order valence-electron chi connectivity index (χ0n) is 18.8. The van der Waals surface area contributed by atoms with Crippen molar-refractivity contribution in [1.29, 1.82) is 0 Å². The molecule has 5 rings (SSSR count). The van der Waals surface area contributed by atoms with Crippen molar-refractivity contribution in [3.8, 4) is 11.4 Å². The zero-order valence-corrected chi connectivity index (χ0v) is 21.2. The highest BCUT2D eigenvalue weighted by molar-refractivity contribution is 9.09. The second kappa shape index (κ2) is 8.66. The number of sulfone groups is 1. The predicted octanol–water partition coefficient (Wildman–Crippen LogP) is 4.19. The Labute approximate surface area is 210 Å². The Morgan fingerprint density at radius 1 is 1.00 bits per heavy atom. The minimum atomic E-state index is -3.99. The number of aromatic amines is 2. The van der Waals surface area contributed by atoms with Gasteiger partial charge in [0.1, 0.15) is 10.6 Å². The second-order valence-corrected chi connectivity index (χ2v) is 11.4. The number of nitrogens with one attached hydrogen (secondary N) is 2. The molecule has 0 fully saturated rings. The summed E-state index contributed by atoms with van der Waals surface area (Å²) in [7, 11) is -3.99. The van der Waals surface area contributed by atoms with Crippen molar-refractivity contribution >= 4 is 31.7 Å². The van der Waals surface area contributed by atoms with E-state index in [0.29, 0.717) is 29.8 Å². The molecule has 0 spiro atoms. The van der Waals surface area contributed by atoms with Crippen LogP contribution in [0.15, 0.2) is 75.2 Å². The Morgan fingerprint density at radius 3 is 2.34 bits per heavy atom. The van der Waals surface area contributed by atoms with Crippen LogP contribution in [0.5, 0.6) is 0 Å². The molecule has 7 nitrogen and oxygen atoms in total. The monoisotopic (exact) mass is 551 g/mol. The van der Waals surface area contributed by atoms with Crippen LogP contribution in [0.2, 0.25) is 0 Å². The average molecular weight is 552 g/mol. The van der Waals surface area contributed by atoms with Crippen LogP contribution in [-0.2, 0) is 22.7 Å². The molecule has 0 saturated carbocycles. The normalized spacial score (nSPS) is 13.7. The summed E-state index contributed by atoms with van der Waals surface area (Å²) in [4.78, 5) is 30.7. The number of pyridine rings is 1. The van der Waals surface area contributed by atoms with Crippen LogP contribution < -0.4 is 11.3 Å². The number of carbonyl (C=O) groups is 1. The van der Waals surface area contributed by atoms with Gasteiger partial charge in [-0.2, -0.15) is 0 Å². The number of hydrogen-bond acceptors (Lipinski definition) is 4. The molecule has 0 saturated heterocycles. The average Bonchev–Trinajstić information content (AvgIpc) is 3.25. The van der Waals surface area contributed by atoms with Gasteiger partial charge in [-0.05, 0) is 54.7 Å². The van der Waals surface area contributed by atoms with Crippen molar-refractivity contribution in [2.24, 2.45) is 5.73 Å². The Kier molecular flexibility index (Phi) is 5.77. The van der Waals surface area contributed by atoms with E-state index in [1.165, 1.54) is 18.2 Å². The van der Waals surface area contributed by atoms with E-state index in [2.05, 4.69) is 25.9 Å². The standard InChI is InChI=1S/C26H22BrN3O4S/c1-14-7-9-15(10-8-14)21(27)20-18-12-11-16-13-19(35(33,34)17-5-3-2-4-6-17)26(32)30-22(16)23(18)29-24(20)25(28)31/h2-10,13,21,29H,11-12H2,1H3,(H2,28,31)(H,30,32). The van der Waals surface area contributed by atoms with E-state index in [9.17, 15) is 18.0 Å². The summed E-state index contributed by atoms with van der Waals surface area (Å²) < 4.78 is 26.2. The number of rotatable bonds is 5. The maximum absolute atomic E-state index is 13.1. The summed E-state index contributed by atoms with van der Waals surface area (Å²) in [5, 5.41) is 0. The number of aromatic nitrogens is 2. The van der Waals surface area contributed by atoms with E-state index < -0.39 is 21.3 Å². The van der Waals surface area contributed by atoms with E-state index in [1.807, 2.05) is 31.2 Å². The van der Waals surface area contributed by atoms with Gasteiger partial charge in [-0.3, -0.25) is 9.59 Å². The van der Waals surface area contributed by atoms with Gasteiger partial charge >= 0.3 is 0 Å². The third-order valence-electron chi connectivity index (χ3n) is 6.34. The Hall–Kier alpha value is -3.43. The van der Waals surface area contributed by atoms with Crippen LogP contribution in [0.1, 0.15) is 43.1 Å². The van der Waals surface area contributed by atoms with Crippen molar-refractivity contribution < 1.29 is 13.2 Å². The van der Waals surface area contributed by atoms with Crippen molar-refractivity contribution in [2.75, 3.05) is 0 Å². The van der Waals surface area contributed by atoms with Crippen LogP contribution in [-0.4, -0.2) is 24.3 Å². The van der Waals surface area contributed by atoms with E-state index in [0.717, 1.165) is 22.3 Å². The highest BCUT2D eigenvalue weighted by Gasteiger charge is 2.32. The third-order valence-corrected chi connectivity index (χ3v) is 9.10. The molecule has 1 atom stereocenters. The van der Waals surface area contributed by atoms with Gasteiger partial charge in [-0.25, -0.2) is 8.42 Å². The van der Waals surface area contributed by atoms with E-state index in [4.69, 9.17) is 5.73 Å². The van der Waals surface area contributed by atoms with Gasteiger partial charge in [0.2, 0.25) is 9.84 Å². The first-order valence-corrected chi connectivity index (χ1v) is 13.4. The van der Waals surface area contributed by atoms with Gasteiger partial charge in [0, 0.05) is 5.56 Å². The molecule has 0 aliphatic heterocycles. The van der Waals surface area contributed by atoms with Gasteiger partial charge in [-0.15, -0.1) is 0 Å². The van der Waals surface area contributed by atoms with Gasteiger partial charge < -0.3 is 15.7 Å². The number of nitrogens with two attached hydrogens (primary N) is 1. The van der Waals surface area contributed by atoms with E-state index in [1.54, 1.807) is 18.2 Å². The Morgan fingerprint density at radius 2 is 1.69 bits per heavy atom. The number of aryl methyl sites for hydroxylation is 2. The molecule has 4 aromatic rings. The lowest BCUT2D eigenvalue weighted by Crippen LogP contribution is -2.21. The molecule has 1 aliphatic carbocycles. The first-order chi connectivity index (χ1) is 16.7. The number of alkyl halides is 1. The molecule has 35 heavy (non-hydrogen) atoms. The van der Waals surface area contributed by atoms with Crippen LogP contribution in [0, 0.1) is 6.92 Å². The molecule has 1 unspecified atom stereocenters. The van der Waals surface area contributed by atoms with Crippen molar-refractivity contribution in [2.45, 2.75) is 34.4 Å². The molecule has 1 aliphatic rings. The number of H-pyrrole nitrogens is 2. The summed E-state index contributed by atoms with van der Waals surface area (Å²) in [6.07, 6.45) is 1.04. The van der Waals surface area contributed by atoms with Gasteiger partial charge in [0.25, 0.3) is 11.5 Å².